The number of amides is 1. The van der Waals surface area contributed by atoms with Crippen molar-refractivity contribution in [2.75, 3.05) is 25.2 Å². The third-order valence-electron chi connectivity index (χ3n) is 3.09. The third kappa shape index (κ3) is 9.37. The first-order valence-electron chi connectivity index (χ1n) is 7.42. The molecule has 5 heteroatoms. The van der Waals surface area contributed by atoms with Gasteiger partial charge in [-0.2, -0.15) is 11.8 Å². The second-order valence-electron chi connectivity index (χ2n) is 4.98. The lowest BCUT2D eigenvalue weighted by atomic mass is 10.2. The van der Waals surface area contributed by atoms with Gasteiger partial charge in [0.2, 0.25) is 0 Å². The molecule has 1 aromatic rings. The molecule has 0 aliphatic heterocycles. The fraction of sp³-hybridized carbons (Fsp3) is 0.562. The largest absolute Gasteiger partial charge is 0.484 e. The van der Waals surface area contributed by atoms with Gasteiger partial charge < -0.3 is 15.8 Å². The lowest BCUT2D eigenvalue weighted by molar-refractivity contribution is -0.119. The molecule has 0 bridgehead atoms. The van der Waals surface area contributed by atoms with Crippen LogP contribution in [0.25, 0.3) is 0 Å². The number of rotatable bonds is 12. The second-order valence-corrected chi connectivity index (χ2v) is 5.97. The SMILES string of the molecule is CSCCCCCCNCc1ccc(OCC(N)=O)cc1. The number of thioether (sulfide) groups is 1. The topological polar surface area (TPSA) is 64.3 Å². The Hall–Kier alpha value is -1.20. The monoisotopic (exact) mass is 310 g/mol. The van der Waals surface area contributed by atoms with Gasteiger partial charge in [-0.25, -0.2) is 0 Å². The van der Waals surface area contributed by atoms with Crippen LogP contribution in [-0.2, 0) is 11.3 Å². The van der Waals surface area contributed by atoms with Gasteiger partial charge in [0.1, 0.15) is 5.75 Å². The van der Waals surface area contributed by atoms with Crippen LogP contribution < -0.4 is 15.8 Å². The van der Waals surface area contributed by atoms with Gasteiger partial charge in [-0.1, -0.05) is 25.0 Å². The second kappa shape index (κ2) is 11.5. The fourth-order valence-corrected chi connectivity index (χ4v) is 2.43. The predicted molar refractivity (Wildman–Crippen MR) is 89.7 cm³/mol. The molecule has 3 N–H and O–H groups in total. The summed E-state index contributed by atoms with van der Waals surface area (Å²) in [5.74, 6) is 1.49. The molecule has 0 saturated heterocycles. The molecule has 0 fully saturated rings. The molecule has 0 aliphatic rings. The van der Waals surface area contributed by atoms with E-state index in [1.807, 2.05) is 36.0 Å². The molecule has 0 saturated carbocycles. The van der Waals surface area contributed by atoms with E-state index < -0.39 is 5.91 Å². The van der Waals surface area contributed by atoms with Gasteiger partial charge in [0.25, 0.3) is 5.91 Å². The number of carbonyl (C=O) groups excluding carboxylic acids is 1. The number of ether oxygens (including phenoxy) is 1. The van der Waals surface area contributed by atoms with Crippen molar-refractivity contribution in [3.8, 4) is 5.75 Å². The molecular weight excluding hydrogens is 284 g/mol. The summed E-state index contributed by atoms with van der Waals surface area (Å²) in [6, 6.07) is 7.73. The van der Waals surface area contributed by atoms with Gasteiger partial charge >= 0.3 is 0 Å². The predicted octanol–water partition coefficient (Wildman–Crippen LogP) is 2.56. The van der Waals surface area contributed by atoms with Crippen LogP contribution in [0.4, 0.5) is 0 Å². The van der Waals surface area contributed by atoms with Gasteiger partial charge in [-0.05, 0) is 49.1 Å². The van der Waals surface area contributed by atoms with Crippen LogP contribution in [-0.4, -0.2) is 31.1 Å². The minimum absolute atomic E-state index is 0.0753. The zero-order valence-corrected chi connectivity index (χ0v) is 13.6. The number of hydrogen-bond donors (Lipinski definition) is 2. The first-order chi connectivity index (χ1) is 10.2. The first kappa shape index (κ1) is 17.9. The lowest BCUT2D eigenvalue weighted by Crippen LogP contribution is -2.20. The van der Waals surface area contributed by atoms with E-state index >= 15 is 0 Å². The highest BCUT2D eigenvalue weighted by Crippen LogP contribution is 2.12. The standard InChI is InChI=1S/C16H26N2O2S/c1-21-11-5-3-2-4-10-18-12-14-6-8-15(9-7-14)20-13-16(17)19/h6-9,18H,2-5,10-13H2,1H3,(H2,17,19). The summed E-state index contributed by atoms with van der Waals surface area (Å²) < 4.78 is 5.22. The first-order valence-corrected chi connectivity index (χ1v) is 8.81. The van der Waals surface area contributed by atoms with Crippen LogP contribution in [0.5, 0.6) is 5.75 Å². The average Bonchev–Trinajstić information content (AvgIpc) is 2.49. The minimum atomic E-state index is -0.460. The molecule has 0 unspecified atom stereocenters. The molecule has 1 aromatic carbocycles. The van der Waals surface area contributed by atoms with Crippen molar-refractivity contribution < 1.29 is 9.53 Å². The van der Waals surface area contributed by atoms with Gasteiger partial charge in [-0.3, -0.25) is 4.79 Å². The smallest absolute Gasteiger partial charge is 0.255 e. The molecule has 1 rings (SSSR count). The summed E-state index contributed by atoms with van der Waals surface area (Å²) in [5, 5.41) is 3.44. The summed E-state index contributed by atoms with van der Waals surface area (Å²) in [6.07, 6.45) is 7.34. The van der Waals surface area contributed by atoms with Crippen LogP contribution in [0.2, 0.25) is 0 Å². The summed E-state index contributed by atoms with van der Waals surface area (Å²) in [4.78, 5) is 10.6. The van der Waals surface area contributed by atoms with Crippen LogP contribution in [0.15, 0.2) is 24.3 Å². The zero-order valence-electron chi connectivity index (χ0n) is 12.8. The van der Waals surface area contributed by atoms with Crippen molar-refractivity contribution in [1.29, 1.82) is 0 Å². The molecule has 21 heavy (non-hydrogen) atoms. The summed E-state index contributed by atoms with van der Waals surface area (Å²) in [5.41, 5.74) is 6.24. The van der Waals surface area contributed by atoms with Crippen molar-refractivity contribution >= 4 is 17.7 Å². The van der Waals surface area contributed by atoms with Gasteiger partial charge in [0.15, 0.2) is 6.61 Å². The highest BCUT2D eigenvalue weighted by atomic mass is 32.2. The van der Waals surface area contributed by atoms with Crippen molar-refractivity contribution in [2.45, 2.75) is 32.2 Å². The van der Waals surface area contributed by atoms with Crippen molar-refractivity contribution in [3.05, 3.63) is 29.8 Å². The number of benzene rings is 1. The molecule has 0 aromatic heterocycles. The Bertz CT molecular complexity index is 396. The molecule has 0 spiro atoms. The van der Waals surface area contributed by atoms with Crippen LogP contribution >= 0.6 is 11.8 Å². The summed E-state index contributed by atoms with van der Waals surface area (Å²) in [6.45, 7) is 1.84. The Morgan fingerprint density at radius 1 is 1.19 bits per heavy atom. The number of nitrogens with one attached hydrogen (secondary N) is 1. The van der Waals surface area contributed by atoms with E-state index in [0.29, 0.717) is 5.75 Å². The Labute approximate surface area is 131 Å². The van der Waals surface area contributed by atoms with Crippen LogP contribution in [0.3, 0.4) is 0 Å². The number of primary amides is 1. The molecule has 0 heterocycles. The molecular formula is C16H26N2O2S. The molecule has 0 atom stereocenters. The zero-order chi connectivity index (χ0) is 15.3. The minimum Gasteiger partial charge on any atom is -0.484 e. The molecule has 1 amide bonds. The summed E-state index contributed by atoms with van der Waals surface area (Å²) in [7, 11) is 0. The van der Waals surface area contributed by atoms with Crippen molar-refractivity contribution in [2.24, 2.45) is 5.73 Å². The average molecular weight is 310 g/mol. The number of unbranched alkanes of at least 4 members (excludes halogenated alkanes) is 3. The highest BCUT2D eigenvalue weighted by Gasteiger charge is 1.98. The number of carbonyl (C=O) groups is 1. The van der Waals surface area contributed by atoms with Crippen LogP contribution in [0, 0.1) is 0 Å². The van der Waals surface area contributed by atoms with Gasteiger partial charge in [-0.15, -0.1) is 0 Å². The third-order valence-corrected chi connectivity index (χ3v) is 3.78. The van der Waals surface area contributed by atoms with E-state index in [4.69, 9.17) is 10.5 Å². The maximum atomic E-state index is 10.6. The number of nitrogens with two attached hydrogens (primary N) is 1. The Morgan fingerprint density at radius 3 is 2.57 bits per heavy atom. The van der Waals surface area contributed by atoms with Crippen molar-refractivity contribution in [1.82, 2.24) is 5.32 Å². The van der Waals surface area contributed by atoms with E-state index in [1.165, 1.54) is 37.0 Å². The Kier molecular flexibility index (Phi) is 9.74. The normalized spacial score (nSPS) is 10.5. The van der Waals surface area contributed by atoms with E-state index in [-0.39, 0.29) is 6.61 Å². The molecule has 4 nitrogen and oxygen atoms in total. The van der Waals surface area contributed by atoms with E-state index in [1.54, 1.807) is 0 Å². The quantitative estimate of drug-likeness (QED) is 0.582. The molecule has 0 radical (unpaired) electrons. The van der Waals surface area contributed by atoms with Gasteiger partial charge in [0, 0.05) is 6.54 Å². The number of hydrogen-bond acceptors (Lipinski definition) is 4. The van der Waals surface area contributed by atoms with Crippen molar-refractivity contribution in [3.63, 3.8) is 0 Å². The lowest BCUT2D eigenvalue weighted by Gasteiger charge is -2.07. The van der Waals surface area contributed by atoms with E-state index in [9.17, 15) is 4.79 Å². The maximum absolute atomic E-state index is 10.6. The van der Waals surface area contributed by atoms with Gasteiger partial charge in [0.05, 0.1) is 0 Å². The highest BCUT2D eigenvalue weighted by molar-refractivity contribution is 7.98. The van der Waals surface area contributed by atoms with Crippen LogP contribution in [0.1, 0.15) is 31.2 Å². The molecule has 0 aliphatic carbocycles. The molecule has 118 valence electrons. The van der Waals surface area contributed by atoms with E-state index in [2.05, 4.69) is 11.6 Å². The maximum Gasteiger partial charge on any atom is 0.255 e. The Balaban J connectivity index is 2.08. The summed E-state index contributed by atoms with van der Waals surface area (Å²) >= 11 is 1.92. The van der Waals surface area contributed by atoms with E-state index in [0.717, 1.165) is 13.1 Å². The fourth-order valence-electron chi connectivity index (χ4n) is 1.94. The Morgan fingerprint density at radius 2 is 1.90 bits per heavy atom.